The molecule has 0 saturated carbocycles. The molecule has 32 heavy (non-hydrogen) atoms. The van der Waals surface area contributed by atoms with Crippen LogP contribution in [0.1, 0.15) is 11.1 Å². The topological polar surface area (TPSA) is 18.5 Å². The maximum Gasteiger partial charge on any atom is 0.127 e. The largest absolute Gasteiger partial charge is 0.496 e. The van der Waals surface area contributed by atoms with Crippen LogP contribution in [-0.2, 0) is 0 Å². The van der Waals surface area contributed by atoms with Crippen LogP contribution in [0.2, 0.25) is 0 Å². The first kappa shape index (κ1) is 22.5. The zero-order valence-corrected chi connectivity index (χ0v) is 20.9. The lowest BCUT2D eigenvalue weighted by Crippen LogP contribution is -2.14. The number of aryl methyl sites for hydroxylation is 2. The standard InChI is InChI=1S/C28H28O2P2/c1-19-11-15-21(16-12-19)31-25-9-5-7-23(29-3)27(25)28-24(30-4)8-6-10-26(28)32-22-17-13-20(2)14-18-22/h5-18,31-32H,1-4H3. The van der Waals surface area contributed by atoms with E-state index in [0.717, 1.165) is 22.6 Å². The quantitative estimate of drug-likeness (QED) is 0.353. The van der Waals surface area contributed by atoms with Gasteiger partial charge >= 0.3 is 0 Å². The predicted molar refractivity (Wildman–Crippen MR) is 143 cm³/mol. The third-order valence-corrected chi connectivity index (χ3v) is 8.02. The lowest BCUT2D eigenvalue weighted by molar-refractivity contribution is 0.411. The first-order valence-electron chi connectivity index (χ1n) is 10.6. The highest BCUT2D eigenvalue weighted by molar-refractivity contribution is 7.56. The van der Waals surface area contributed by atoms with Crippen LogP contribution in [0.5, 0.6) is 11.5 Å². The van der Waals surface area contributed by atoms with Crippen LogP contribution >= 0.6 is 17.2 Å². The van der Waals surface area contributed by atoms with Crippen molar-refractivity contribution in [1.29, 1.82) is 0 Å². The van der Waals surface area contributed by atoms with Crippen LogP contribution in [0.3, 0.4) is 0 Å². The summed E-state index contributed by atoms with van der Waals surface area (Å²) in [6.45, 7) is 4.24. The Kier molecular flexibility index (Phi) is 7.26. The normalized spacial score (nSPS) is 11.5. The van der Waals surface area contributed by atoms with Gasteiger partial charge in [0, 0.05) is 11.1 Å². The van der Waals surface area contributed by atoms with E-state index >= 15 is 0 Å². The Balaban J connectivity index is 1.86. The summed E-state index contributed by atoms with van der Waals surface area (Å²) in [5, 5.41) is 5.13. The Bertz CT molecular complexity index is 1100. The van der Waals surface area contributed by atoms with Crippen molar-refractivity contribution in [3.8, 4) is 22.6 Å². The highest BCUT2D eigenvalue weighted by atomic mass is 31.1. The molecule has 2 atom stereocenters. The number of methoxy groups -OCH3 is 2. The molecule has 0 aliphatic rings. The lowest BCUT2D eigenvalue weighted by atomic mass is 10.0. The number of rotatable bonds is 7. The third kappa shape index (κ3) is 5.04. The van der Waals surface area contributed by atoms with E-state index in [-0.39, 0.29) is 0 Å². The van der Waals surface area contributed by atoms with Gasteiger partial charge in [0.1, 0.15) is 11.5 Å². The van der Waals surface area contributed by atoms with Crippen molar-refractivity contribution in [2.75, 3.05) is 14.2 Å². The van der Waals surface area contributed by atoms with E-state index < -0.39 is 0 Å². The average Bonchev–Trinajstić information content (AvgIpc) is 2.82. The number of ether oxygens (including phenoxy) is 2. The van der Waals surface area contributed by atoms with E-state index in [4.69, 9.17) is 9.47 Å². The molecule has 4 rings (SSSR count). The molecule has 162 valence electrons. The Morgan fingerprint density at radius 3 is 1.22 bits per heavy atom. The van der Waals surface area contributed by atoms with Crippen molar-refractivity contribution in [2.45, 2.75) is 13.8 Å². The highest BCUT2D eigenvalue weighted by Crippen LogP contribution is 2.38. The molecule has 0 amide bonds. The highest BCUT2D eigenvalue weighted by Gasteiger charge is 2.20. The van der Waals surface area contributed by atoms with Crippen molar-refractivity contribution >= 4 is 38.4 Å². The Morgan fingerprint density at radius 1 is 0.500 bits per heavy atom. The molecule has 0 saturated heterocycles. The lowest BCUT2D eigenvalue weighted by Gasteiger charge is -2.20. The summed E-state index contributed by atoms with van der Waals surface area (Å²) in [6.07, 6.45) is 0. The fourth-order valence-electron chi connectivity index (χ4n) is 3.71. The summed E-state index contributed by atoms with van der Waals surface area (Å²) >= 11 is 0. The second kappa shape index (κ2) is 10.3. The maximum absolute atomic E-state index is 5.87. The Hall–Kier alpha value is -2.66. The van der Waals surface area contributed by atoms with Gasteiger partial charge in [0.15, 0.2) is 0 Å². The SMILES string of the molecule is COc1cccc(Pc2ccc(C)cc2)c1-c1c(OC)cccc1Pc1ccc(C)cc1. The van der Waals surface area contributed by atoms with Crippen LogP contribution in [0.15, 0.2) is 84.9 Å². The second-order valence-electron chi connectivity index (χ2n) is 7.75. The zero-order chi connectivity index (χ0) is 22.5. The molecule has 0 aliphatic carbocycles. The van der Waals surface area contributed by atoms with Crippen LogP contribution in [0.4, 0.5) is 0 Å². The fraction of sp³-hybridized carbons (Fsp3) is 0.143. The van der Waals surface area contributed by atoms with Gasteiger partial charge in [0.2, 0.25) is 0 Å². The van der Waals surface area contributed by atoms with Crippen molar-refractivity contribution in [3.63, 3.8) is 0 Å². The minimum Gasteiger partial charge on any atom is -0.496 e. The maximum atomic E-state index is 5.87. The number of benzene rings is 4. The monoisotopic (exact) mass is 458 g/mol. The smallest absolute Gasteiger partial charge is 0.127 e. The molecule has 4 heteroatoms. The summed E-state index contributed by atoms with van der Waals surface area (Å²) in [5.41, 5.74) is 4.80. The van der Waals surface area contributed by atoms with Gasteiger partial charge in [0.05, 0.1) is 14.2 Å². The van der Waals surface area contributed by atoms with E-state index in [1.165, 1.54) is 32.3 Å². The molecule has 0 radical (unpaired) electrons. The number of hydrogen-bond acceptors (Lipinski definition) is 2. The van der Waals surface area contributed by atoms with Crippen molar-refractivity contribution in [3.05, 3.63) is 96.1 Å². The van der Waals surface area contributed by atoms with Gasteiger partial charge in [-0.15, -0.1) is 0 Å². The zero-order valence-electron chi connectivity index (χ0n) is 18.9. The van der Waals surface area contributed by atoms with E-state index in [2.05, 4.69) is 86.6 Å². The van der Waals surface area contributed by atoms with Crippen molar-refractivity contribution in [2.24, 2.45) is 0 Å². The molecule has 2 nitrogen and oxygen atoms in total. The van der Waals surface area contributed by atoms with Crippen LogP contribution in [0.25, 0.3) is 11.1 Å². The van der Waals surface area contributed by atoms with Crippen LogP contribution in [0, 0.1) is 13.8 Å². The summed E-state index contributed by atoms with van der Waals surface area (Å²) in [5.74, 6) is 1.75. The number of hydrogen-bond donors (Lipinski definition) is 0. The molecule has 0 heterocycles. The molecular formula is C28H28O2P2. The van der Waals surface area contributed by atoms with Gasteiger partial charge in [0.25, 0.3) is 0 Å². The molecule has 0 fully saturated rings. The van der Waals surface area contributed by atoms with E-state index in [9.17, 15) is 0 Å². The van der Waals surface area contributed by atoms with Crippen molar-refractivity contribution in [1.82, 2.24) is 0 Å². The molecule has 0 bridgehead atoms. The average molecular weight is 458 g/mol. The summed E-state index contributed by atoms with van der Waals surface area (Å²) in [7, 11) is 4.54. The fourth-order valence-corrected chi connectivity index (χ4v) is 6.11. The molecule has 0 aromatic heterocycles. The molecule has 0 spiro atoms. The summed E-state index contributed by atoms with van der Waals surface area (Å²) < 4.78 is 11.7. The van der Waals surface area contributed by atoms with E-state index in [1.807, 2.05) is 12.1 Å². The molecule has 4 aromatic carbocycles. The molecule has 4 aromatic rings. The van der Waals surface area contributed by atoms with Crippen molar-refractivity contribution < 1.29 is 9.47 Å². The van der Waals surface area contributed by atoms with Gasteiger partial charge in [-0.2, -0.15) is 0 Å². The van der Waals surface area contributed by atoms with Gasteiger partial charge in [-0.1, -0.05) is 101 Å². The van der Waals surface area contributed by atoms with E-state index in [1.54, 1.807) is 14.2 Å². The molecular weight excluding hydrogens is 430 g/mol. The van der Waals surface area contributed by atoms with Gasteiger partial charge < -0.3 is 9.47 Å². The van der Waals surface area contributed by atoms with Gasteiger partial charge in [-0.3, -0.25) is 0 Å². The molecule has 0 aliphatic heterocycles. The molecule has 2 unspecified atom stereocenters. The molecule has 0 N–H and O–H groups in total. The summed E-state index contributed by atoms with van der Waals surface area (Å²) in [4.78, 5) is 0. The van der Waals surface area contributed by atoms with Gasteiger partial charge in [-0.05, 0) is 47.2 Å². The summed E-state index contributed by atoms with van der Waals surface area (Å²) in [6, 6.07) is 30.2. The third-order valence-electron chi connectivity index (χ3n) is 5.40. The van der Waals surface area contributed by atoms with Crippen LogP contribution < -0.4 is 30.7 Å². The Labute approximate surface area is 194 Å². The second-order valence-corrected chi connectivity index (χ2v) is 10.5. The van der Waals surface area contributed by atoms with Gasteiger partial charge in [-0.25, -0.2) is 0 Å². The van der Waals surface area contributed by atoms with E-state index in [0.29, 0.717) is 17.2 Å². The minimum absolute atomic E-state index is 0.525. The minimum atomic E-state index is 0.525. The first-order chi connectivity index (χ1) is 15.6. The first-order valence-corrected chi connectivity index (χ1v) is 12.6. The predicted octanol–water partition coefficient (Wildman–Crippen LogP) is 5.25. The van der Waals surface area contributed by atoms with Crippen LogP contribution in [-0.4, -0.2) is 14.2 Å². The Morgan fingerprint density at radius 2 is 0.875 bits per heavy atom.